The summed E-state index contributed by atoms with van der Waals surface area (Å²) in [4.78, 5) is 12.3. The molecule has 1 amide bonds. The second kappa shape index (κ2) is 8.39. The zero-order valence-corrected chi connectivity index (χ0v) is 15.0. The van der Waals surface area contributed by atoms with E-state index < -0.39 is 0 Å². The van der Waals surface area contributed by atoms with Gasteiger partial charge in [0.25, 0.3) is 0 Å². The Morgan fingerprint density at radius 1 is 1.31 bits per heavy atom. The standard InChI is InChI=1S/C16H17N5O4S/c1-23-11-5-6-14(24-2)13(8-11)17-15(22)10-26-16-18-19-20-21(16)9-12-4-3-7-25-12/h3-8H,9-10H2,1-2H3,(H,17,22). The third-order valence-corrected chi connectivity index (χ3v) is 4.35. The fourth-order valence-electron chi connectivity index (χ4n) is 2.18. The Hall–Kier alpha value is -3.01. The molecule has 0 aliphatic rings. The fraction of sp³-hybridized carbons (Fsp3) is 0.250. The summed E-state index contributed by atoms with van der Waals surface area (Å²) in [7, 11) is 3.09. The summed E-state index contributed by atoms with van der Waals surface area (Å²) in [5.74, 6) is 1.82. The summed E-state index contributed by atoms with van der Waals surface area (Å²) < 4.78 is 17.3. The Labute approximate surface area is 153 Å². The van der Waals surface area contributed by atoms with Crippen molar-refractivity contribution in [2.45, 2.75) is 11.7 Å². The number of anilines is 1. The minimum atomic E-state index is -0.214. The lowest BCUT2D eigenvalue weighted by Crippen LogP contribution is -2.15. The Bertz CT molecular complexity index is 865. The van der Waals surface area contributed by atoms with Crippen molar-refractivity contribution in [1.29, 1.82) is 0 Å². The van der Waals surface area contributed by atoms with Crippen molar-refractivity contribution in [3.63, 3.8) is 0 Å². The van der Waals surface area contributed by atoms with Gasteiger partial charge in [-0.25, -0.2) is 4.68 Å². The van der Waals surface area contributed by atoms with Gasteiger partial charge in [-0.1, -0.05) is 11.8 Å². The Balaban J connectivity index is 1.61. The highest BCUT2D eigenvalue weighted by Crippen LogP contribution is 2.29. The lowest BCUT2D eigenvalue weighted by molar-refractivity contribution is -0.113. The molecule has 0 saturated heterocycles. The van der Waals surface area contributed by atoms with Crippen molar-refractivity contribution in [3.05, 3.63) is 42.4 Å². The van der Waals surface area contributed by atoms with Gasteiger partial charge in [-0.05, 0) is 34.7 Å². The van der Waals surface area contributed by atoms with E-state index in [1.54, 1.807) is 42.3 Å². The van der Waals surface area contributed by atoms with E-state index in [1.807, 2.05) is 6.07 Å². The Kier molecular flexibility index (Phi) is 5.74. The molecule has 0 saturated carbocycles. The molecule has 0 fully saturated rings. The van der Waals surface area contributed by atoms with Crippen LogP contribution in [0, 0.1) is 0 Å². The molecule has 10 heteroatoms. The van der Waals surface area contributed by atoms with Crippen molar-refractivity contribution in [1.82, 2.24) is 20.2 Å². The number of carbonyl (C=O) groups is 1. The maximum atomic E-state index is 12.3. The first kappa shape index (κ1) is 17.8. The summed E-state index contributed by atoms with van der Waals surface area (Å²) in [5, 5.41) is 14.8. The molecule has 3 rings (SSSR count). The number of nitrogens with one attached hydrogen (secondary N) is 1. The average molecular weight is 375 g/mol. The van der Waals surface area contributed by atoms with Crippen molar-refractivity contribution < 1.29 is 18.7 Å². The van der Waals surface area contributed by atoms with Gasteiger partial charge >= 0.3 is 0 Å². The van der Waals surface area contributed by atoms with Crippen LogP contribution in [0.2, 0.25) is 0 Å². The first-order valence-electron chi connectivity index (χ1n) is 7.63. The van der Waals surface area contributed by atoms with Gasteiger partial charge in [-0.15, -0.1) is 5.10 Å². The number of rotatable bonds is 8. The molecule has 3 aromatic rings. The SMILES string of the molecule is COc1ccc(OC)c(NC(=O)CSc2nnnn2Cc2ccco2)c1. The lowest BCUT2D eigenvalue weighted by atomic mass is 10.2. The van der Waals surface area contributed by atoms with Crippen LogP contribution in [0.3, 0.4) is 0 Å². The van der Waals surface area contributed by atoms with E-state index in [0.29, 0.717) is 28.9 Å². The average Bonchev–Trinajstić information content (AvgIpc) is 3.32. The zero-order valence-electron chi connectivity index (χ0n) is 14.2. The predicted octanol–water partition coefficient (Wildman–Crippen LogP) is 2.06. The molecule has 9 nitrogen and oxygen atoms in total. The van der Waals surface area contributed by atoms with E-state index >= 15 is 0 Å². The number of methoxy groups -OCH3 is 2. The molecule has 0 aliphatic carbocycles. The van der Waals surface area contributed by atoms with Crippen LogP contribution in [0.5, 0.6) is 11.5 Å². The largest absolute Gasteiger partial charge is 0.497 e. The number of nitrogens with zero attached hydrogens (tertiary/aromatic N) is 4. The van der Waals surface area contributed by atoms with Crippen LogP contribution in [0.15, 0.2) is 46.2 Å². The number of benzene rings is 1. The van der Waals surface area contributed by atoms with Crippen LogP contribution in [0.4, 0.5) is 5.69 Å². The molecular formula is C16H17N5O4S. The predicted molar refractivity (Wildman–Crippen MR) is 94.5 cm³/mol. The quantitative estimate of drug-likeness (QED) is 0.597. The van der Waals surface area contributed by atoms with Crippen LogP contribution >= 0.6 is 11.8 Å². The number of thioether (sulfide) groups is 1. The number of tetrazole rings is 1. The molecule has 0 unspecified atom stereocenters. The third-order valence-electron chi connectivity index (χ3n) is 3.40. The number of hydrogen-bond acceptors (Lipinski definition) is 8. The molecule has 2 heterocycles. The molecule has 136 valence electrons. The van der Waals surface area contributed by atoms with Gasteiger partial charge in [0.2, 0.25) is 11.1 Å². The summed E-state index contributed by atoms with van der Waals surface area (Å²) in [6.45, 7) is 0.396. The molecular weight excluding hydrogens is 358 g/mol. The van der Waals surface area contributed by atoms with Crippen molar-refractivity contribution in [2.75, 3.05) is 25.3 Å². The molecule has 0 spiro atoms. The smallest absolute Gasteiger partial charge is 0.234 e. The fourth-order valence-corrected chi connectivity index (χ4v) is 2.85. The number of hydrogen-bond donors (Lipinski definition) is 1. The number of ether oxygens (including phenoxy) is 2. The lowest BCUT2D eigenvalue weighted by Gasteiger charge is -2.11. The van der Waals surface area contributed by atoms with E-state index in [2.05, 4.69) is 20.8 Å². The highest BCUT2D eigenvalue weighted by molar-refractivity contribution is 7.99. The molecule has 0 bridgehead atoms. The van der Waals surface area contributed by atoms with E-state index in [1.165, 1.54) is 18.9 Å². The Morgan fingerprint density at radius 3 is 2.92 bits per heavy atom. The monoisotopic (exact) mass is 375 g/mol. The maximum Gasteiger partial charge on any atom is 0.234 e. The van der Waals surface area contributed by atoms with Crippen LogP contribution < -0.4 is 14.8 Å². The van der Waals surface area contributed by atoms with Crippen molar-refractivity contribution in [2.24, 2.45) is 0 Å². The molecule has 1 N–H and O–H groups in total. The van der Waals surface area contributed by atoms with Crippen molar-refractivity contribution >= 4 is 23.4 Å². The van der Waals surface area contributed by atoms with Crippen LogP contribution in [0.25, 0.3) is 0 Å². The second-order valence-electron chi connectivity index (χ2n) is 5.10. The normalized spacial score (nSPS) is 10.5. The van der Waals surface area contributed by atoms with Gasteiger partial charge in [0.1, 0.15) is 23.8 Å². The molecule has 1 aromatic carbocycles. The first-order valence-corrected chi connectivity index (χ1v) is 8.61. The van der Waals surface area contributed by atoms with E-state index in [0.717, 1.165) is 5.76 Å². The molecule has 2 aromatic heterocycles. The number of furan rings is 1. The number of aromatic nitrogens is 4. The van der Waals surface area contributed by atoms with Crippen LogP contribution in [-0.2, 0) is 11.3 Å². The minimum Gasteiger partial charge on any atom is -0.497 e. The summed E-state index contributed by atoms with van der Waals surface area (Å²) in [6, 6.07) is 8.80. The zero-order chi connectivity index (χ0) is 18.4. The van der Waals surface area contributed by atoms with E-state index in [9.17, 15) is 4.79 Å². The van der Waals surface area contributed by atoms with Gasteiger partial charge in [0.15, 0.2) is 0 Å². The van der Waals surface area contributed by atoms with Crippen molar-refractivity contribution in [3.8, 4) is 11.5 Å². The van der Waals surface area contributed by atoms with Crippen LogP contribution in [0.1, 0.15) is 5.76 Å². The maximum absolute atomic E-state index is 12.3. The number of carbonyl (C=O) groups excluding carboxylic acids is 1. The summed E-state index contributed by atoms with van der Waals surface area (Å²) >= 11 is 1.23. The van der Waals surface area contributed by atoms with Gasteiger partial charge in [0, 0.05) is 6.07 Å². The molecule has 26 heavy (non-hydrogen) atoms. The topological polar surface area (TPSA) is 104 Å². The van der Waals surface area contributed by atoms with Crippen LogP contribution in [-0.4, -0.2) is 46.1 Å². The van der Waals surface area contributed by atoms with Gasteiger partial charge in [0.05, 0.1) is 31.9 Å². The summed E-state index contributed by atoms with van der Waals surface area (Å²) in [6.07, 6.45) is 1.58. The first-order chi connectivity index (χ1) is 12.7. The van der Waals surface area contributed by atoms with Gasteiger partial charge < -0.3 is 19.2 Å². The summed E-state index contributed by atoms with van der Waals surface area (Å²) in [5.41, 5.74) is 0.535. The Morgan fingerprint density at radius 2 is 2.19 bits per heavy atom. The second-order valence-corrected chi connectivity index (χ2v) is 6.04. The molecule has 0 radical (unpaired) electrons. The van der Waals surface area contributed by atoms with E-state index in [-0.39, 0.29) is 11.7 Å². The third kappa shape index (κ3) is 4.33. The molecule has 0 atom stereocenters. The highest BCUT2D eigenvalue weighted by Gasteiger charge is 2.13. The molecule has 0 aliphatic heterocycles. The van der Waals surface area contributed by atoms with Gasteiger partial charge in [-0.3, -0.25) is 4.79 Å². The highest BCUT2D eigenvalue weighted by atomic mass is 32.2. The van der Waals surface area contributed by atoms with Gasteiger partial charge in [-0.2, -0.15) is 0 Å². The minimum absolute atomic E-state index is 0.138. The number of amides is 1. The van der Waals surface area contributed by atoms with E-state index in [4.69, 9.17) is 13.9 Å².